The smallest absolute Gasteiger partial charge is 0.262 e. The van der Waals surface area contributed by atoms with Crippen LogP contribution in [-0.2, 0) is 10.0 Å². The number of sulfonamides is 1. The fourth-order valence-electron chi connectivity index (χ4n) is 1.63. The summed E-state index contributed by atoms with van der Waals surface area (Å²) in [7, 11) is -4.11. The highest BCUT2D eigenvalue weighted by Gasteiger charge is 2.20. The number of hydrogen-bond acceptors (Lipinski definition) is 3. The lowest BCUT2D eigenvalue weighted by Gasteiger charge is -2.11. The predicted molar refractivity (Wildman–Crippen MR) is 72.8 cm³/mol. The normalized spacial score (nSPS) is 11.3. The number of rotatable bonds is 3. The number of nitrogens with two attached hydrogens (primary N) is 1. The molecule has 2 aromatic carbocycles. The van der Waals surface area contributed by atoms with E-state index in [0.717, 1.165) is 6.07 Å². The van der Waals surface area contributed by atoms with Gasteiger partial charge in [-0.05, 0) is 36.8 Å². The first-order valence-corrected chi connectivity index (χ1v) is 7.12. The minimum atomic E-state index is -4.11. The summed E-state index contributed by atoms with van der Waals surface area (Å²) >= 11 is 0. The third-order valence-corrected chi connectivity index (χ3v) is 4.04. The molecule has 0 aliphatic rings. The number of hydrogen-bond donors (Lipinski definition) is 2. The molecular formula is C13H12F2N2O2S. The summed E-state index contributed by atoms with van der Waals surface area (Å²) in [6.45, 7) is 1.41. The van der Waals surface area contributed by atoms with Gasteiger partial charge in [-0.1, -0.05) is 12.1 Å². The number of halogens is 2. The van der Waals surface area contributed by atoms with E-state index in [2.05, 4.69) is 0 Å². The predicted octanol–water partition coefficient (Wildman–Crippen LogP) is 2.66. The van der Waals surface area contributed by atoms with Gasteiger partial charge in [0.15, 0.2) is 5.82 Å². The number of anilines is 2. The Morgan fingerprint density at radius 1 is 1.15 bits per heavy atom. The van der Waals surface area contributed by atoms with Gasteiger partial charge in [-0.2, -0.15) is 0 Å². The van der Waals surface area contributed by atoms with Crippen LogP contribution in [0.5, 0.6) is 0 Å². The maximum atomic E-state index is 13.8. The molecule has 3 N–H and O–H groups in total. The van der Waals surface area contributed by atoms with Gasteiger partial charge in [0.1, 0.15) is 11.5 Å². The van der Waals surface area contributed by atoms with Gasteiger partial charge in [-0.25, -0.2) is 17.2 Å². The molecule has 0 saturated heterocycles. The van der Waals surface area contributed by atoms with Crippen LogP contribution in [0, 0.1) is 18.6 Å². The van der Waals surface area contributed by atoms with Crippen molar-refractivity contribution in [3.63, 3.8) is 0 Å². The Kier molecular flexibility index (Phi) is 3.63. The first-order chi connectivity index (χ1) is 9.31. The molecule has 0 amide bonds. The Morgan fingerprint density at radius 2 is 1.85 bits per heavy atom. The molecule has 0 aliphatic heterocycles. The van der Waals surface area contributed by atoms with Crippen LogP contribution in [0.2, 0.25) is 0 Å². The maximum absolute atomic E-state index is 13.8. The minimum Gasteiger partial charge on any atom is -0.399 e. The second kappa shape index (κ2) is 5.09. The average Bonchev–Trinajstić information content (AvgIpc) is 2.39. The second-order valence-corrected chi connectivity index (χ2v) is 5.91. The standard InChI is InChI=1S/C13H12F2N2O2S/c1-8-5-6-11(14)13(12(8)15)17-20(18,19)10-4-2-3-9(16)7-10/h2-7,17H,16H2,1H3. The van der Waals surface area contributed by atoms with Crippen molar-refractivity contribution in [2.45, 2.75) is 11.8 Å². The van der Waals surface area contributed by atoms with Crippen molar-refractivity contribution in [2.24, 2.45) is 0 Å². The van der Waals surface area contributed by atoms with Gasteiger partial charge in [0.05, 0.1) is 4.90 Å². The molecule has 0 aromatic heterocycles. The van der Waals surface area contributed by atoms with Crippen LogP contribution < -0.4 is 10.5 Å². The molecule has 0 unspecified atom stereocenters. The minimum absolute atomic E-state index is 0.136. The third kappa shape index (κ3) is 2.72. The molecule has 0 atom stereocenters. The van der Waals surface area contributed by atoms with E-state index in [1.807, 2.05) is 4.72 Å². The Bertz CT molecular complexity index is 761. The molecule has 20 heavy (non-hydrogen) atoms. The van der Waals surface area contributed by atoms with Gasteiger partial charge >= 0.3 is 0 Å². The topological polar surface area (TPSA) is 72.2 Å². The fourth-order valence-corrected chi connectivity index (χ4v) is 2.75. The maximum Gasteiger partial charge on any atom is 0.262 e. The summed E-state index contributed by atoms with van der Waals surface area (Å²) in [5, 5.41) is 0. The van der Waals surface area contributed by atoms with Crippen LogP contribution in [0.1, 0.15) is 5.56 Å². The molecule has 0 bridgehead atoms. The van der Waals surface area contributed by atoms with Crippen molar-refractivity contribution in [3.05, 3.63) is 53.6 Å². The Hall–Kier alpha value is -2.15. The zero-order chi connectivity index (χ0) is 14.9. The van der Waals surface area contributed by atoms with Gasteiger partial charge < -0.3 is 5.73 Å². The molecule has 0 aliphatic carbocycles. The van der Waals surface area contributed by atoms with E-state index in [4.69, 9.17) is 5.73 Å². The van der Waals surface area contributed by atoms with E-state index in [9.17, 15) is 17.2 Å². The highest BCUT2D eigenvalue weighted by atomic mass is 32.2. The van der Waals surface area contributed by atoms with Crippen molar-refractivity contribution in [1.29, 1.82) is 0 Å². The van der Waals surface area contributed by atoms with E-state index in [1.54, 1.807) is 0 Å². The van der Waals surface area contributed by atoms with Gasteiger partial charge in [0.2, 0.25) is 0 Å². The molecule has 0 spiro atoms. The number of nitrogens with one attached hydrogen (secondary N) is 1. The summed E-state index contributed by atoms with van der Waals surface area (Å²) < 4.78 is 53.4. The van der Waals surface area contributed by atoms with E-state index in [1.165, 1.54) is 37.3 Å². The molecular weight excluding hydrogens is 286 g/mol. The second-order valence-electron chi connectivity index (χ2n) is 4.23. The molecule has 2 aromatic rings. The first-order valence-electron chi connectivity index (χ1n) is 5.64. The van der Waals surface area contributed by atoms with Gasteiger partial charge in [-0.15, -0.1) is 0 Å². The van der Waals surface area contributed by atoms with Crippen molar-refractivity contribution < 1.29 is 17.2 Å². The lowest BCUT2D eigenvalue weighted by atomic mass is 10.2. The number of nitrogen functional groups attached to an aromatic ring is 1. The summed E-state index contributed by atoms with van der Waals surface area (Å²) in [5.74, 6) is -1.93. The van der Waals surface area contributed by atoms with Crippen LogP contribution in [0.3, 0.4) is 0 Å². The van der Waals surface area contributed by atoms with Crippen LogP contribution in [0.15, 0.2) is 41.3 Å². The van der Waals surface area contributed by atoms with Crippen LogP contribution in [0.25, 0.3) is 0 Å². The molecule has 0 heterocycles. The molecule has 0 saturated carbocycles. The van der Waals surface area contributed by atoms with Crippen molar-refractivity contribution >= 4 is 21.4 Å². The molecule has 0 radical (unpaired) electrons. The fraction of sp³-hybridized carbons (Fsp3) is 0.0769. The van der Waals surface area contributed by atoms with Crippen LogP contribution >= 0.6 is 0 Å². The van der Waals surface area contributed by atoms with E-state index in [0.29, 0.717) is 0 Å². The van der Waals surface area contributed by atoms with Gasteiger partial charge in [0.25, 0.3) is 10.0 Å². The first kappa shape index (κ1) is 14.3. The summed E-state index contributed by atoms with van der Waals surface area (Å²) in [6, 6.07) is 7.65. The van der Waals surface area contributed by atoms with Gasteiger partial charge in [-0.3, -0.25) is 4.72 Å². The Balaban J connectivity index is 2.47. The lowest BCUT2D eigenvalue weighted by Crippen LogP contribution is -2.15. The van der Waals surface area contributed by atoms with Gasteiger partial charge in [0, 0.05) is 5.69 Å². The number of benzene rings is 2. The lowest BCUT2D eigenvalue weighted by molar-refractivity contribution is 0.579. The zero-order valence-corrected chi connectivity index (χ0v) is 11.3. The summed E-state index contributed by atoms with van der Waals surface area (Å²) in [4.78, 5) is -0.169. The van der Waals surface area contributed by atoms with Crippen molar-refractivity contribution in [2.75, 3.05) is 10.5 Å². The highest BCUT2D eigenvalue weighted by Crippen LogP contribution is 2.25. The zero-order valence-electron chi connectivity index (χ0n) is 10.5. The van der Waals surface area contributed by atoms with Crippen LogP contribution in [-0.4, -0.2) is 8.42 Å². The van der Waals surface area contributed by atoms with E-state index >= 15 is 0 Å². The summed E-state index contributed by atoms with van der Waals surface area (Å²) in [6.07, 6.45) is 0. The highest BCUT2D eigenvalue weighted by molar-refractivity contribution is 7.92. The molecule has 0 fully saturated rings. The molecule has 7 heteroatoms. The largest absolute Gasteiger partial charge is 0.399 e. The quantitative estimate of drug-likeness (QED) is 0.856. The molecule has 4 nitrogen and oxygen atoms in total. The Morgan fingerprint density at radius 3 is 2.50 bits per heavy atom. The molecule has 2 rings (SSSR count). The number of aryl methyl sites for hydroxylation is 1. The average molecular weight is 298 g/mol. The SMILES string of the molecule is Cc1ccc(F)c(NS(=O)(=O)c2cccc(N)c2)c1F. The third-order valence-electron chi connectivity index (χ3n) is 2.69. The van der Waals surface area contributed by atoms with Crippen molar-refractivity contribution in [1.82, 2.24) is 0 Å². The monoisotopic (exact) mass is 298 g/mol. The summed E-state index contributed by atoms with van der Waals surface area (Å²) in [5.41, 5.74) is 5.16. The van der Waals surface area contributed by atoms with E-state index in [-0.39, 0.29) is 16.1 Å². The van der Waals surface area contributed by atoms with Crippen LogP contribution in [0.4, 0.5) is 20.2 Å². The van der Waals surface area contributed by atoms with Crippen molar-refractivity contribution in [3.8, 4) is 0 Å². The molecule has 106 valence electrons. The van der Waals surface area contributed by atoms with E-state index < -0.39 is 27.3 Å². The Labute approximate surface area is 115 Å².